The Morgan fingerprint density at radius 2 is 2.00 bits per heavy atom. The molecule has 6 rings (SSSR count). The van der Waals surface area contributed by atoms with E-state index >= 15 is 0 Å². The van der Waals surface area contributed by atoms with Gasteiger partial charge < -0.3 is 10.1 Å². The lowest BCUT2D eigenvalue weighted by Crippen LogP contribution is -2.03. The Morgan fingerprint density at radius 1 is 1.11 bits per heavy atom. The van der Waals surface area contributed by atoms with Crippen molar-refractivity contribution in [3.8, 4) is 17.0 Å². The van der Waals surface area contributed by atoms with Gasteiger partial charge in [-0.1, -0.05) is 17.3 Å². The molecule has 35 heavy (non-hydrogen) atoms. The average Bonchev–Trinajstić information content (AvgIpc) is 3.55. The quantitative estimate of drug-likeness (QED) is 0.376. The molecule has 3 heterocycles. The number of nitrogens with zero attached hydrogens (tertiary/aromatic N) is 7. The van der Waals surface area contributed by atoms with Gasteiger partial charge in [0.05, 0.1) is 30.6 Å². The van der Waals surface area contributed by atoms with Crippen molar-refractivity contribution in [2.45, 2.75) is 25.3 Å². The molecule has 2 aromatic carbocycles. The molecule has 0 bridgehead atoms. The number of fused-ring (bicyclic) bond motifs is 1. The number of nitrogens with one attached hydrogen (secondary N) is 1. The second-order valence-corrected chi connectivity index (χ2v) is 8.66. The first-order chi connectivity index (χ1) is 17.1. The van der Waals surface area contributed by atoms with Gasteiger partial charge in [0.15, 0.2) is 11.6 Å². The number of rotatable bonds is 7. The summed E-state index contributed by atoms with van der Waals surface area (Å²) in [5.41, 5.74) is 5.11. The number of aromatic nitrogens is 7. The molecule has 1 aliphatic rings. The first-order valence-electron chi connectivity index (χ1n) is 11.4. The van der Waals surface area contributed by atoms with Gasteiger partial charge in [0.25, 0.3) is 0 Å². The molecule has 0 amide bonds. The Hall–Kier alpha value is -4.34. The summed E-state index contributed by atoms with van der Waals surface area (Å²) in [7, 11) is 3.36. The van der Waals surface area contributed by atoms with Crippen molar-refractivity contribution in [1.82, 2.24) is 34.7 Å². The number of anilines is 2. The van der Waals surface area contributed by atoms with Gasteiger partial charge in [-0.05, 0) is 48.7 Å². The molecule has 0 spiro atoms. The highest BCUT2D eigenvalue weighted by Gasteiger charge is 2.27. The first-order valence-corrected chi connectivity index (χ1v) is 11.4. The zero-order chi connectivity index (χ0) is 23.9. The molecule has 0 aliphatic heterocycles. The number of aryl methyl sites for hydroxylation is 1. The number of benzene rings is 2. The molecule has 0 atom stereocenters. The lowest BCUT2D eigenvalue weighted by Gasteiger charge is -2.07. The summed E-state index contributed by atoms with van der Waals surface area (Å²) in [4.78, 5) is 9.05. The molecule has 5 aromatic rings. The van der Waals surface area contributed by atoms with E-state index in [0.717, 1.165) is 39.4 Å². The van der Waals surface area contributed by atoms with Crippen molar-refractivity contribution in [2.75, 3.05) is 12.4 Å². The summed E-state index contributed by atoms with van der Waals surface area (Å²) in [6, 6.07) is 14.7. The molecule has 1 fully saturated rings. The van der Waals surface area contributed by atoms with Crippen molar-refractivity contribution in [3.63, 3.8) is 0 Å². The zero-order valence-electron chi connectivity index (χ0n) is 19.3. The van der Waals surface area contributed by atoms with Gasteiger partial charge in [-0.15, -0.1) is 5.10 Å². The van der Waals surface area contributed by atoms with Crippen molar-refractivity contribution in [1.29, 1.82) is 0 Å². The minimum absolute atomic E-state index is 0.215. The highest BCUT2D eigenvalue weighted by Crippen LogP contribution is 2.40. The van der Waals surface area contributed by atoms with Crippen molar-refractivity contribution in [3.05, 3.63) is 71.8 Å². The topological polar surface area (TPSA) is 95.6 Å². The number of halogens is 1. The van der Waals surface area contributed by atoms with Crippen LogP contribution in [0.5, 0.6) is 5.75 Å². The standard InChI is InChI=1S/C25H23FN8O/c1-33-24(13-20(31-33)16-4-5-16)29-25-27-10-9-19(28-25)17-6-7-22-21(12-17)30-32-34(22)14-15-3-8-23(35-2)18(26)11-15/h3,6-13,16H,4-5,14H2,1-2H3,(H,27,28,29). The smallest absolute Gasteiger partial charge is 0.228 e. The van der Waals surface area contributed by atoms with E-state index in [1.165, 1.54) is 26.0 Å². The molecule has 1 aliphatic carbocycles. The Labute approximate surface area is 200 Å². The van der Waals surface area contributed by atoms with Crippen LogP contribution in [0.4, 0.5) is 16.2 Å². The van der Waals surface area contributed by atoms with E-state index in [2.05, 4.69) is 36.8 Å². The van der Waals surface area contributed by atoms with Gasteiger partial charge >= 0.3 is 0 Å². The minimum Gasteiger partial charge on any atom is -0.494 e. The maximum atomic E-state index is 14.1. The van der Waals surface area contributed by atoms with E-state index in [1.807, 2.05) is 42.1 Å². The number of hydrogen-bond donors (Lipinski definition) is 1. The third-order valence-electron chi connectivity index (χ3n) is 6.15. The summed E-state index contributed by atoms with van der Waals surface area (Å²) in [5, 5.41) is 16.4. The summed E-state index contributed by atoms with van der Waals surface area (Å²) in [6.45, 7) is 0.395. The minimum atomic E-state index is -0.403. The summed E-state index contributed by atoms with van der Waals surface area (Å²) >= 11 is 0. The molecule has 1 N–H and O–H groups in total. The highest BCUT2D eigenvalue weighted by atomic mass is 19.1. The normalized spacial score (nSPS) is 13.3. The summed E-state index contributed by atoms with van der Waals surface area (Å²) < 4.78 is 22.6. The van der Waals surface area contributed by atoms with Crippen LogP contribution < -0.4 is 10.1 Å². The maximum absolute atomic E-state index is 14.1. The number of hydrogen-bond acceptors (Lipinski definition) is 7. The van der Waals surface area contributed by atoms with Crippen LogP contribution in [0.25, 0.3) is 22.3 Å². The molecule has 0 saturated heterocycles. The Kier molecular flexibility index (Phi) is 5.13. The molecule has 1 saturated carbocycles. The van der Waals surface area contributed by atoms with Gasteiger partial charge in [-0.2, -0.15) is 5.10 Å². The van der Waals surface area contributed by atoms with Crippen LogP contribution in [0.15, 0.2) is 54.7 Å². The molecule has 9 nitrogen and oxygen atoms in total. The van der Waals surface area contributed by atoms with Crippen molar-refractivity contribution < 1.29 is 9.13 Å². The first kappa shape index (κ1) is 21.2. The van der Waals surface area contributed by atoms with E-state index in [-0.39, 0.29) is 5.75 Å². The third kappa shape index (κ3) is 4.18. The van der Waals surface area contributed by atoms with Gasteiger partial charge in [0.2, 0.25) is 5.95 Å². The Bertz CT molecular complexity index is 1540. The molecular formula is C25H23FN8O. The van der Waals surface area contributed by atoms with Gasteiger partial charge in [0.1, 0.15) is 11.3 Å². The van der Waals surface area contributed by atoms with E-state index < -0.39 is 5.82 Å². The fourth-order valence-corrected chi connectivity index (χ4v) is 4.11. The van der Waals surface area contributed by atoms with Crippen LogP contribution in [0, 0.1) is 5.82 Å². The van der Waals surface area contributed by atoms with Gasteiger partial charge in [-0.25, -0.2) is 19.0 Å². The molecule has 0 radical (unpaired) electrons. The number of ether oxygens (including phenoxy) is 1. The Morgan fingerprint density at radius 3 is 2.80 bits per heavy atom. The van der Waals surface area contributed by atoms with Crippen molar-refractivity contribution >= 4 is 22.8 Å². The fraction of sp³-hybridized carbons (Fsp3) is 0.240. The van der Waals surface area contributed by atoms with E-state index in [4.69, 9.17) is 4.74 Å². The highest BCUT2D eigenvalue weighted by molar-refractivity contribution is 5.80. The predicted molar refractivity (Wildman–Crippen MR) is 129 cm³/mol. The molecule has 10 heteroatoms. The third-order valence-corrected chi connectivity index (χ3v) is 6.15. The van der Waals surface area contributed by atoms with Crippen molar-refractivity contribution in [2.24, 2.45) is 7.05 Å². The van der Waals surface area contributed by atoms with Gasteiger partial charge in [0, 0.05) is 30.8 Å². The zero-order valence-corrected chi connectivity index (χ0v) is 19.3. The summed E-state index contributed by atoms with van der Waals surface area (Å²) in [5.74, 6) is 1.75. The van der Waals surface area contributed by atoms with Crippen LogP contribution in [0.3, 0.4) is 0 Å². The monoisotopic (exact) mass is 470 g/mol. The van der Waals surface area contributed by atoms with E-state index in [1.54, 1.807) is 16.9 Å². The maximum Gasteiger partial charge on any atom is 0.228 e. The lowest BCUT2D eigenvalue weighted by atomic mass is 10.1. The number of methoxy groups -OCH3 is 1. The second-order valence-electron chi connectivity index (χ2n) is 8.66. The molecule has 176 valence electrons. The van der Waals surface area contributed by atoms with E-state index in [9.17, 15) is 4.39 Å². The second kappa shape index (κ2) is 8.46. The Balaban J connectivity index is 1.24. The largest absolute Gasteiger partial charge is 0.494 e. The summed E-state index contributed by atoms with van der Waals surface area (Å²) in [6.07, 6.45) is 4.13. The molecule has 0 unspecified atom stereocenters. The SMILES string of the molecule is COc1ccc(Cn2nnc3cc(-c4ccnc(Nc5cc(C6CC6)nn5C)n4)ccc32)cc1F. The lowest BCUT2D eigenvalue weighted by molar-refractivity contribution is 0.386. The average molecular weight is 471 g/mol. The van der Waals surface area contributed by atoms with Crippen LogP contribution in [-0.2, 0) is 13.6 Å². The molecular weight excluding hydrogens is 447 g/mol. The van der Waals surface area contributed by atoms with Crippen LogP contribution >= 0.6 is 0 Å². The predicted octanol–water partition coefficient (Wildman–Crippen LogP) is 4.44. The van der Waals surface area contributed by atoms with Gasteiger partial charge in [-0.3, -0.25) is 4.68 Å². The van der Waals surface area contributed by atoms with E-state index in [0.29, 0.717) is 18.4 Å². The van der Waals surface area contributed by atoms with Crippen LogP contribution in [0.1, 0.15) is 30.0 Å². The van der Waals surface area contributed by atoms with Crippen LogP contribution in [-0.4, -0.2) is 41.9 Å². The molecule has 3 aromatic heterocycles. The van der Waals surface area contributed by atoms with Crippen LogP contribution in [0.2, 0.25) is 0 Å². The fourth-order valence-electron chi connectivity index (χ4n) is 4.11.